The van der Waals surface area contributed by atoms with E-state index < -0.39 is 48.2 Å². The zero-order valence-corrected chi connectivity index (χ0v) is 20.0. The van der Waals surface area contributed by atoms with Crippen molar-refractivity contribution in [3.63, 3.8) is 0 Å². The second-order valence-corrected chi connectivity index (χ2v) is 8.33. The lowest BCUT2D eigenvalue weighted by molar-refractivity contribution is -0.166. The Labute approximate surface area is 194 Å². The third-order valence-corrected chi connectivity index (χ3v) is 6.15. The van der Waals surface area contributed by atoms with E-state index in [9.17, 15) is 19.5 Å². The van der Waals surface area contributed by atoms with Crippen LogP contribution >= 0.6 is 0 Å². The normalized spacial score (nSPS) is 29.5. The van der Waals surface area contributed by atoms with E-state index in [0.29, 0.717) is 30.4 Å². The molecule has 0 saturated carbocycles. The van der Waals surface area contributed by atoms with Gasteiger partial charge >= 0.3 is 17.9 Å². The molecule has 0 bridgehead atoms. The molecule has 1 heterocycles. The topological polar surface area (TPSA) is 108 Å². The molecule has 2 aliphatic rings. The van der Waals surface area contributed by atoms with Crippen LogP contribution in [0.4, 0.5) is 0 Å². The zero-order valence-electron chi connectivity index (χ0n) is 20.0. The van der Waals surface area contributed by atoms with Crippen molar-refractivity contribution in [2.75, 3.05) is 7.11 Å². The molecule has 0 aromatic carbocycles. The summed E-state index contributed by atoms with van der Waals surface area (Å²) in [7, 11) is 1.25. The molecule has 1 N–H and O–H groups in total. The Kier molecular flexibility index (Phi) is 9.19. The van der Waals surface area contributed by atoms with Crippen molar-refractivity contribution in [3.05, 3.63) is 47.6 Å². The molecule has 0 radical (unpaired) electrons. The van der Waals surface area contributed by atoms with E-state index in [1.807, 2.05) is 13.8 Å². The maximum absolute atomic E-state index is 12.8. The van der Waals surface area contributed by atoms with Crippen molar-refractivity contribution in [2.24, 2.45) is 5.92 Å². The number of hydrogen-bond donors (Lipinski definition) is 1. The summed E-state index contributed by atoms with van der Waals surface area (Å²) in [4.78, 5) is 38.2. The molecule has 6 unspecified atom stereocenters. The second kappa shape index (κ2) is 11.4. The van der Waals surface area contributed by atoms with Crippen LogP contribution in [-0.4, -0.2) is 60.6 Å². The van der Waals surface area contributed by atoms with Crippen LogP contribution in [0.25, 0.3) is 0 Å². The molecule has 0 aromatic rings. The van der Waals surface area contributed by atoms with Crippen molar-refractivity contribution in [1.82, 2.24) is 0 Å². The molecule has 0 aromatic heterocycles. The Bertz CT molecular complexity index is 868. The summed E-state index contributed by atoms with van der Waals surface area (Å²) in [6, 6.07) is 0. The number of aliphatic hydroxyl groups is 1. The van der Waals surface area contributed by atoms with E-state index in [4.69, 9.17) is 18.9 Å². The molecule has 6 atom stereocenters. The number of allylic oxidation sites excluding steroid dienone is 2. The van der Waals surface area contributed by atoms with Gasteiger partial charge in [-0.3, -0.25) is 0 Å². The van der Waals surface area contributed by atoms with E-state index in [2.05, 4.69) is 13.2 Å². The Morgan fingerprint density at radius 3 is 2.61 bits per heavy atom. The molecule has 2 rings (SSSR count). The lowest BCUT2D eigenvalue weighted by Crippen LogP contribution is -2.49. The third-order valence-electron chi connectivity index (χ3n) is 6.15. The summed E-state index contributed by atoms with van der Waals surface area (Å²) < 4.78 is 22.5. The van der Waals surface area contributed by atoms with Gasteiger partial charge in [-0.25, -0.2) is 14.4 Å². The molecule has 1 saturated heterocycles. The van der Waals surface area contributed by atoms with E-state index in [-0.39, 0.29) is 17.3 Å². The fourth-order valence-corrected chi connectivity index (χ4v) is 3.81. The number of hydrogen-bond acceptors (Lipinski definition) is 8. The van der Waals surface area contributed by atoms with Crippen LogP contribution in [0.3, 0.4) is 0 Å². The summed E-state index contributed by atoms with van der Waals surface area (Å²) in [6.45, 7) is 14.8. The molecule has 8 heteroatoms. The SMILES string of the molecule is C=C1CCC=C(C(=O)OC)C(OC(C)CC)C(OC(=O)C(C)=CC)C2C(=C)C(=O)OC2C1O. The van der Waals surface area contributed by atoms with Gasteiger partial charge in [0.15, 0.2) is 0 Å². The van der Waals surface area contributed by atoms with Crippen molar-refractivity contribution in [2.45, 2.75) is 77.5 Å². The molecule has 182 valence electrons. The number of aliphatic hydroxyl groups excluding tert-OH is 1. The highest BCUT2D eigenvalue weighted by atomic mass is 16.6. The van der Waals surface area contributed by atoms with Gasteiger partial charge in [0.25, 0.3) is 0 Å². The van der Waals surface area contributed by atoms with Gasteiger partial charge in [-0.15, -0.1) is 0 Å². The summed E-state index contributed by atoms with van der Waals surface area (Å²) in [5.41, 5.74) is 0.924. The summed E-state index contributed by atoms with van der Waals surface area (Å²) >= 11 is 0. The minimum atomic E-state index is -1.21. The Morgan fingerprint density at radius 1 is 1.36 bits per heavy atom. The van der Waals surface area contributed by atoms with Gasteiger partial charge in [0.2, 0.25) is 0 Å². The Hall–Kier alpha value is -2.71. The largest absolute Gasteiger partial charge is 0.466 e. The van der Waals surface area contributed by atoms with Crippen molar-refractivity contribution in [3.8, 4) is 0 Å². The predicted molar refractivity (Wildman–Crippen MR) is 121 cm³/mol. The average Bonchev–Trinajstić information content (AvgIpc) is 3.10. The molecule has 1 aliphatic heterocycles. The van der Waals surface area contributed by atoms with E-state index in [1.54, 1.807) is 26.0 Å². The smallest absolute Gasteiger partial charge is 0.336 e. The average molecular weight is 463 g/mol. The highest BCUT2D eigenvalue weighted by molar-refractivity contribution is 5.93. The number of ether oxygens (including phenoxy) is 4. The molecule has 1 fully saturated rings. The van der Waals surface area contributed by atoms with E-state index in [1.165, 1.54) is 7.11 Å². The lowest BCUT2D eigenvalue weighted by Gasteiger charge is -2.37. The molecule has 1 aliphatic carbocycles. The maximum atomic E-state index is 12.8. The van der Waals surface area contributed by atoms with E-state index in [0.717, 1.165) is 0 Å². The molecular weight excluding hydrogens is 428 g/mol. The number of carbonyl (C=O) groups excluding carboxylic acids is 3. The lowest BCUT2D eigenvalue weighted by atomic mass is 9.80. The van der Waals surface area contributed by atoms with Crippen LogP contribution < -0.4 is 0 Å². The monoisotopic (exact) mass is 462 g/mol. The van der Waals surface area contributed by atoms with Crippen LogP contribution in [0.2, 0.25) is 0 Å². The van der Waals surface area contributed by atoms with Gasteiger partial charge in [-0.1, -0.05) is 32.2 Å². The summed E-state index contributed by atoms with van der Waals surface area (Å²) in [5.74, 6) is -2.99. The van der Waals surface area contributed by atoms with Gasteiger partial charge in [-0.05, 0) is 45.6 Å². The van der Waals surface area contributed by atoms with Gasteiger partial charge in [0.05, 0.1) is 24.7 Å². The van der Waals surface area contributed by atoms with Crippen LogP contribution in [0.5, 0.6) is 0 Å². The Morgan fingerprint density at radius 2 is 2.03 bits per heavy atom. The number of esters is 3. The molecule has 0 amide bonds. The first-order chi connectivity index (χ1) is 15.6. The van der Waals surface area contributed by atoms with Gasteiger partial charge in [0.1, 0.15) is 24.4 Å². The second-order valence-electron chi connectivity index (χ2n) is 8.33. The first kappa shape index (κ1) is 26.5. The van der Waals surface area contributed by atoms with E-state index >= 15 is 0 Å². The van der Waals surface area contributed by atoms with Crippen LogP contribution in [0.15, 0.2) is 47.6 Å². The molecule has 8 nitrogen and oxygen atoms in total. The molecule has 33 heavy (non-hydrogen) atoms. The standard InChI is InChI=1S/C25H34O8/c1-8-13(3)23(27)33-22-18-16(6)24(28)32-21(18)19(26)14(4)11-10-12-17(25(29)30-7)20(22)31-15(5)9-2/h8,12,15,18-22,26H,4,6,9-11H2,1-3,5,7H3. The predicted octanol–water partition coefficient (Wildman–Crippen LogP) is 2.96. The van der Waals surface area contributed by atoms with Crippen molar-refractivity contribution in [1.29, 1.82) is 0 Å². The van der Waals surface area contributed by atoms with Crippen LogP contribution in [0.1, 0.15) is 47.0 Å². The maximum Gasteiger partial charge on any atom is 0.336 e. The van der Waals surface area contributed by atoms with Gasteiger partial charge in [0, 0.05) is 11.1 Å². The zero-order chi connectivity index (χ0) is 24.9. The number of fused-ring (bicyclic) bond motifs is 1. The Balaban J connectivity index is 2.74. The molecular formula is C25H34O8. The first-order valence-electron chi connectivity index (χ1n) is 11.1. The quantitative estimate of drug-likeness (QED) is 0.278. The highest BCUT2D eigenvalue weighted by Gasteiger charge is 2.53. The highest BCUT2D eigenvalue weighted by Crippen LogP contribution is 2.40. The number of methoxy groups -OCH3 is 1. The number of carbonyl (C=O) groups is 3. The van der Waals surface area contributed by atoms with Crippen molar-refractivity contribution >= 4 is 17.9 Å². The fourth-order valence-electron chi connectivity index (χ4n) is 3.81. The van der Waals surface area contributed by atoms with Crippen LogP contribution in [0, 0.1) is 5.92 Å². The minimum absolute atomic E-state index is 0.0188. The fraction of sp³-hybridized carbons (Fsp3) is 0.560. The third kappa shape index (κ3) is 5.81. The minimum Gasteiger partial charge on any atom is -0.466 e. The number of rotatable bonds is 6. The van der Waals surface area contributed by atoms with Gasteiger partial charge < -0.3 is 24.1 Å². The summed E-state index contributed by atoms with van der Waals surface area (Å²) in [5, 5.41) is 10.9. The molecule has 0 spiro atoms. The summed E-state index contributed by atoms with van der Waals surface area (Å²) in [6.07, 6.45) is -0.377. The first-order valence-corrected chi connectivity index (χ1v) is 11.1. The van der Waals surface area contributed by atoms with Crippen molar-refractivity contribution < 1.29 is 38.4 Å². The van der Waals surface area contributed by atoms with Crippen LogP contribution in [-0.2, 0) is 33.3 Å². The van der Waals surface area contributed by atoms with Gasteiger partial charge in [-0.2, -0.15) is 0 Å².